The highest BCUT2D eigenvalue weighted by atomic mass is 19.1. The highest BCUT2D eigenvalue weighted by Crippen LogP contribution is 2.22. The van der Waals surface area contributed by atoms with Crippen molar-refractivity contribution in [3.63, 3.8) is 0 Å². The number of hydrogen-bond donors (Lipinski definition) is 2. The van der Waals surface area contributed by atoms with Crippen LogP contribution in [0.15, 0.2) is 72.8 Å². The maximum Gasteiger partial charge on any atom is 0.255 e. The molecule has 0 atom stereocenters. The molecule has 0 unspecified atom stereocenters. The molecule has 0 spiro atoms. The van der Waals surface area contributed by atoms with Crippen molar-refractivity contribution in [3.05, 3.63) is 101 Å². The molecular formula is C23H19FN2O2. The summed E-state index contributed by atoms with van der Waals surface area (Å²) in [6, 6.07) is 20.4. The average molecular weight is 374 g/mol. The van der Waals surface area contributed by atoms with Gasteiger partial charge < -0.3 is 10.6 Å². The van der Waals surface area contributed by atoms with Crippen LogP contribution in [0.1, 0.15) is 31.8 Å². The Morgan fingerprint density at radius 3 is 2.14 bits per heavy atom. The maximum atomic E-state index is 13.0. The number of halogens is 1. The van der Waals surface area contributed by atoms with E-state index in [1.54, 1.807) is 24.3 Å². The standard InChI is InChI=1S/C23H19FN2O2/c24-19-10-8-15(9-11-19)22(27)25-20-7-3-6-18(14-20)23(28)26-21-12-16-4-1-2-5-17(16)13-21/h1-11,14,21H,12-13H2,(H,25,27)(H,26,28). The van der Waals surface area contributed by atoms with Gasteiger partial charge in [-0.2, -0.15) is 0 Å². The summed E-state index contributed by atoms with van der Waals surface area (Å²) in [7, 11) is 0. The van der Waals surface area contributed by atoms with Crippen LogP contribution < -0.4 is 10.6 Å². The van der Waals surface area contributed by atoms with Crippen molar-refractivity contribution in [1.29, 1.82) is 0 Å². The summed E-state index contributed by atoms with van der Waals surface area (Å²) in [5.74, 6) is -0.927. The minimum absolute atomic E-state index is 0.0716. The van der Waals surface area contributed by atoms with E-state index in [-0.39, 0.29) is 17.9 Å². The second-order valence-corrected chi connectivity index (χ2v) is 6.89. The van der Waals surface area contributed by atoms with Crippen LogP contribution in [-0.2, 0) is 12.8 Å². The molecule has 0 bridgehead atoms. The zero-order valence-corrected chi connectivity index (χ0v) is 15.1. The van der Waals surface area contributed by atoms with Gasteiger partial charge in [-0.15, -0.1) is 0 Å². The van der Waals surface area contributed by atoms with Gasteiger partial charge in [-0.3, -0.25) is 9.59 Å². The van der Waals surface area contributed by atoms with E-state index in [9.17, 15) is 14.0 Å². The van der Waals surface area contributed by atoms with Gasteiger partial charge in [-0.05, 0) is 66.4 Å². The fraction of sp³-hybridized carbons (Fsp3) is 0.130. The van der Waals surface area contributed by atoms with Gasteiger partial charge in [0.25, 0.3) is 11.8 Å². The first-order valence-corrected chi connectivity index (χ1v) is 9.13. The fourth-order valence-corrected chi connectivity index (χ4v) is 3.47. The van der Waals surface area contributed by atoms with Gasteiger partial charge in [0.15, 0.2) is 0 Å². The van der Waals surface area contributed by atoms with Crippen LogP contribution >= 0.6 is 0 Å². The zero-order valence-electron chi connectivity index (χ0n) is 15.1. The summed E-state index contributed by atoms with van der Waals surface area (Å²) >= 11 is 0. The van der Waals surface area contributed by atoms with Crippen molar-refractivity contribution in [1.82, 2.24) is 5.32 Å². The summed E-state index contributed by atoms with van der Waals surface area (Å²) in [4.78, 5) is 24.9. The van der Waals surface area contributed by atoms with Gasteiger partial charge in [-0.25, -0.2) is 4.39 Å². The van der Waals surface area contributed by atoms with Crippen LogP contribution in [0.3, 0.4) is 0 Å². The number of amides is 2. The van der Waals surface area contributed by atoms with Gasteiger partial charge in [0.2, 0.25) is 0 Å². The molecule has 28 heavy (non-hydrogen) atoms. The Hall–Kier alpha value is -3.47. The van der Waals surface area contributed by atoms with Crippen molar-refractivity contribution in [3.8, 4) is 0 Å². The number of hydrogen-bond acceptors (Lipinski definition) is 2. The minimum Gasteiger partial charge on any atom is -0.349 e. The second-order valence-electron chi connectivity index (χ2n) is 6.89. The van der Waals surface area contributed by atoms with Crippen LogP contribution in [0.5, 0.6) is 0 Å². The summed E-state index contributed by atoms with van der Waals surface area (Å²) < 4.78 is 13.0. The first-order chi connectivity index (χ1) is 13.6. The predicted molar refractivity (Wildman–Crippen MR) is 106 cm³/mol. The molecule has 2 amide bonds. The molecule has 0 saturated heterocycles. The third-order valence-corrected chi connectivity index (χ3v) is 4.88. The number of fused-ring (bicyclic) bond motifs is 1. The molecule has 0 fully saturated rings. The third kappa shape index (κ3) is 3.93. The summed E-state index contributed by atoms with van der Waals surface area (Å²) in [5.41, 5.74) is 3.88. The Morgan fingerprint density at radius 1 is 0.786 bits per heavy atom. The van der Waals surface area contributed by atoms with Gasteiger partial charge in [0, 0.05) is 22.9 Å². The fourth-order valence-electron chi connectivity index (χ4n) is 3.47. The highest BCUT2D eigenvalue weighted by molar-refractivity contribution is 6.05. The monoisotopic (exact) mass is 374 g/mol. The van der Waals surface area contributed by atoms with Crippen molar-refractivity contribution < 1.29 is 14.0 Å². The smallest absolute Gasteiger partial charge is 0.255 e. The normalized spacial score (nSPS) is 13.0. The molecule has 1 aliphatic carbocycles. The lowest BCUT2D eigenvalue weighted by molar-refractivity contribution is 0.0937. The molecule has 4 rings (SSSR count). The van der Waals surface area contributed by atoms with Gasteiger partial charge in [-0.1, -0.05) is 30.3 Å². The molecule has 0 heterocycles. The summed E-state index contributed by atoms with van der Waals surface area (Å²) in [6.07, 6.45) is 1.64. The quantitative estimate of drug-likeness (QED) is 0.726. The minimum atomic E-state index is -0.399. The highest BCUT2D eigenvalue weighted by Gasteiger charge is 2.22. The number of carbonyl (C=O) groups excluding carboxylic acids is 2. The lowest BCUT2D eigenvalue weighted by Crippen LogP contribution is -2.35. The topological polar surface area (TPSA) is 58.2 Å². The van der Waals surface area contributed by atoms with Crippen LogP contribution in [0.2, 0.25) is 0 Å². The largest absolute Gasteiger partial charge is 0.349 e. The van der Waals surface area contributed by atoms with Crippen molar-refractivity contribution >= 4 is 17.5 Å². The molecule has 3 aromatic carbocycles. The van der Waals surface area contributed by atoms with Crippen molar-refractivity contribution in [2.45, 2.75) is 18.9 Å². The molecule has 0 saturated carbocycles. The van der Waals surface area contributed by atoms with Gasteiger partial charge >= 0.3 is 0 Å². The van der Waals surface area contributed by atoms with Crippen LogP contribution in [0, 0.1) is 5.82 Å². The van der Waals surface area contributed by atoms with Crippen molar-refractivity contribution in [2.24, 2.45) is 0 Å². The SMILES string of the molecule is O=C(Nc1cccc(C(=O)NC2Cc3ccccc3C2)c1)c1ccc(F)cc1. The van der Waals surface area contributed by atoms with E-state index in [0.29, 0.717) is 16.8 Å². The Balaban J connectivity index is 1.41. The van der Waals surface area contributed by atoms with E-state index >= 15 is 0 Å². The first kappa shape index (κ1) is 17.9. The van der Waals surface area contributed by atoms with Gasteiger partial charge in [0.1, 0.15) is 5.82 Å². The summed E-state index contributed by atoms with van der Waals surface area (Å²) in [5, 5.41) is 5.81. The lowest BCUT2D eigenvalue weighted by Gasteiger charge is -2.13. The third-order valence-electron chi connectivity index (χ3n) is 4.88. The maximum absolute atomic E-state index is 13.0. The molecule has 0 aliphatic heterocycles. The molecule has 2 N–H and O–H groups in total. The van der Waals surface area contributed by atoms with E-state index in [0.717, 1.165) is 12.8 Å². The van der Waals surface area contributed by atoms with E-state index in [1.165, 1.54) is 35.4 Å². The van der Waals surface area contributed by atoms with Crippen LogP contribution in [-0.4, -0.2) is 17.9 Å². The predicted octanol–water partition coefficient (Wildman–Crippen LogP) is 3.98. The molecule has 0 aromatic heterocycles. The Morgan fingerprint density at radius 2 is 1.46 bits per heavy atom. The molecule has 4 nitrogen and oxygen atoms in total. The van der Waals surface area contributed by atoms with Crippen LogP contribution in [0.4, 0.5) is 10.1 Å². The van der Waals surface area contributed by atoms with Gasteiger partial charge in [0.05, 0.1) is 0 Å². The number of nitrogens with one attached hydrogen (secondary N) is 2. The molecule has 1 aliphatic rings. The molecular weight excluding hydrogens is 355 g/mol. The Labute approximate surface area is 162 Å². The molecule has 3 aromatic rings. The van der Waals surface area contributed by atoms with E-state index < -0.39 is 5.82 Å². The zero-order chi connectivity index (χ0) is 19.5. The lowest BCUT2D eigenvalue weighted by atomic mass is 10.1. The Bertz CT molecular complexity index is 1010. The number of rotatable bonds is 4. The Kier molecular flexibility index (Phi) is 4.89. The second kappa shape index (κ2) is 7.64. The number of anilines is 1. The molecule has 5 heteroatoms. The first-order valence-electron chi connectivity index (χ1n) is 9.13. The van der Waals surface area contributed by atoms with E-state index in [1.807, 2.05) is 12.1 Å². The van der Waals surface area contributed by atoms with Crippen LogP contribution in [0.25, 0.3) is 0 Å². The average Bonchev–Trinajstić information content (AvgIpc) is 3.11. The summed E-state index contributed by atoms with van der Waals surface area (Å²) in [6.45, 7) is 0. The number of benzene rings is 3. The van der Waals surface area contributed by atoms with E-state index in [2.05, 4.69) is 22.8 Å². The van der Waals surface area contributed by atoms with E-state index in [4.69, 9.17) is 0 Å². The molecule has 0 radical (unpaired) electrons. The molecule has 140 valence electrons. The number of carbonyl (C=O) groups is 2. The van der Waals surface area contributed by atoms with Crippen molar-refractivity contribution in [2.75, 3.05) is 5.32 Å².